The van der Waals surface area contributed by atoms with Crippen LogP contribution in [0.5, 0.6) is 11.6 Å². The molecule has 0 atom stereocenters. The van der Waals surface area contributed by atoms with Gasteiger partial charge in [0, 0.05) is 21.9 Å². The molecule has 0 saturated heterocycles. The number of alkyl halides is 1. The van der Waals surface area contributed by atoms with E-state index in [2.05, 4.69) is 25.9 Å². The summed E-state index contributed by atoms with van der Waals surface area (Å²) >= 11 is 9.18. The third-order valence-electron chi connectivity index (χ3n) is 2.13. The van der Waals surface area contributed by atoms with Crippen molar-refractivity contribution in [1.82, 2.24) is 9.97 Å². The number of hydrogen-bond acceptors (Lipinski definition) is 3. The predicted octanol–water partition coefficient (Wildman–Crippen LogP) is 4.08. The molecule has 0 amide bonds. The summed E-state index contributed by atoms with van der Waals surface area (Å²) < 4.78 is 6.51. The molecule has 0 N–H and O–H groups in total. The van der Waals surface area contributed by atoms with E-state index in [4.69, 9.17) is 16.3 Å². The van der Waals surface area contributed by atoms with Gasteiger partial charge in [-0.15, -0.1) is 11.6 Å². The Morgan fingerprint density at radius 1 is 1.29 bits per heavy atom. The number of hydrogen-bond donors (Lipinski definition) is 0. The summed E-state index contributed by atoms with van der Waals surface area (Å²) in [6, 6.07) is 5.62. The Kier molecular flexibility index (Phi) is 3.97. The molecule has 0 bridgehead atoms. The lowest BCUT2D eigenvalue weighted by Gasteiger charge is -2.08. The van der Waals surface area contributed by atoms with Gasteiger partial charge in [-0.2, -0.15) is 0 Å². The Hall–Kier alpha value is -1.13. The van der Waals surface area contributed by atoms with Gasteiger partial charge in [0.2, 0.25) is 5.88 Å². The van der Waals surface area contributed by atoms with Crippen LogP contribution in [-0.2, 0) is 5.88 Å². The highest BCUT2D eigenvalue weighted by molar-refractivity contribution is 9.10. The molecule has 17 heavy (non-hydrogen) atoms. The Morgan fingerprint density at radius 3 is 2.76 bits per heavy atom. The minimum absolute atomic E-state index is 0.348. The Balaban J connectivity index is 2.26. The predicted molar refractivity (Wildman–Crippen MR) is 70.5 cm³/mol. The third kappa shape index (κ3) is 3.17. The second kappa shape index (κ2) is 5.47. The third-order valence-corrected chi connectivity index (χ3v) is 2.86. The summed E-state index contributed by atoms with van der Waals surface area (Å²) in [4.78, 5) is 8.34. The molecule has 2 heterocycles. The molecule has 0 fully saturated rings. The van der Waals surface area contributed by atoms with Crippen LogP contribution < -0.4 is 4.74 Å². The smallest absolute Gasteiger partial charge is 0.223 e. The highest BCUT2D eigenvalue weighted by Crippen LogP contribution is 2.26. The molecule has 3 nitrogen and oxygen atoms in total. The van der Waals surface area contributed by atoms with Crippen molar-refractivity contribution in [1.29, 1.82) is 0 Å². The minimum atomic E-state index is 0.348. The van der Waals surface area contributed by atoms with Crippen molar-refractivity contribution in [3.63, 3.8) is 0 Å². The first-order valence-electron chi connectivity index (χ1n) is 5.00. The Morgan fingerprint density at radius 2 is 2.12 bits per heavy atom. The van der Waals surface area contributed by atoms with Crippen molar-refractivity contribution in [3.05, 3.63) is 46.3 Å². The van der Waals surface area contributed by atoms with Crippen LogP contribution in [0.25, 0.3) is 0 Å². The van der Waals surface area contributed by atoms with E-state index < -0.39 is 0 Å². The lowest BCUT2D eigenvalue weighted by atomic mass is 10.3. The van der Waals surface area contributed by atoms with Crippen LogP contribution in [0.4, 0.5) is 0 Å². The highest BCUT2D eigenvalue weighted by atomic mass is 79.9. The summed E-state index contributed by atoms with van der Waals surface area (Å²) in [5.41, 5.74) is 1.78. The van der Waals surface area contributed by atoms with E-state index in [1.165, 1.54) is 0 Å². The van der Waals surface area contributed by atoms with E-state index in [1.54, 1.807) is 12.4 Å². The number of nitrogens with zero attached hydrogens (tertiary/aromatic N) is 2. The van der Waals surface area contributed by atoms with E-state index in [9.17, 15) is 0 Å². The maximum Gasteiger partial charge on any atom is 0.223 e. The number of halogens is 2. The molecule has 88 valence electrons. The molecule has 0 radical (unpaired) electrons. The maximum atomic E-state index is 5.84. The summed E-state index contributed by atoms with van der Waals surface area (Å²) in [6.45, 7) is 1.92. The van der Waals surface area contributed by atoms with Gasteiger partial charge in [-0.1, -0.05) is 0 Å². The van der Waals surface area contributed by atoms with Crippen LogP contribution in [0.2, 0.25) is 0 Å². The standard InChI is InChI=1S/C12H10BrClN2O/c1-8-2-3-11(7-15-8)17-12-9(5-14)4-10(13)6-16-12/h2-4,6-7H,5H2,1H3. The summed E-state index contributed by atoms with van der Waals surface area (Å²) in [7, 11) is 0. The summed E-state index contributed by atoms with van der Waals surface area (Å²) in [6.07, 6.45) is 3.34. The average molecular weight is 314 g/mol. The molecule has 5 heteroatoms. The molecule has 2 aromatic heterocycles. The molecule has 0 aromatic carbocycles. The fraction of sp³-hybridized carbons (Fsp3) is 0.167. The topological polar surface area (TPSA) is 35.0 Å². The molecule has 0 spiro atoms. The Bertz CT molecular complexity index is 516. The molecule has 0 unspecified atom stereocenters. The molecule has 0 aliphatic heterocycles. The van der Waals surface area contributed by atoms with Crippen molar-refractivity contribution < 1.29 is 4.74 Å². The van der Waals surface area contributed by atoms with Gasteiger partial charge >= 0.3 is 0 Å². The molecule has 2 aromatic rings. The first-order valence-corrected chi connectivity index (χ1v) is 6.32. The van der Waals surface area contributed by atoms with E-state index in [0.29, 0.717) is 17.5 Å². The van der Waals surface area contributed by atoms with Crippen molar-refractivity contribution >= 4 is 27.5 Å². The van der Waals surface area contributed by atoms with Crippen LogP contribution >= 0.6 is 27.5 Å². The monoisotopic (exact) mass is 312 g/mol. The lowest BCUT2D eigenvalue weighted by Crippen LogP contribution is -1.94. The maximum absolute atomic E-state index is 5.84. The number of aryl methyl sites for hydroxylation is 1. The van der Waals surface area contributed by atoms with Gasteiger partial charge in [0.25, 0.3) is 0 Å². The first-order chi connectivity index (χ1) is 8.19. The van der Waals surface area contributed by atoms with Gasteiger partial charge in [-0.05, 0) is 41.1 Å². The fourth-order valence-corrected chi connectivity index (χ4v) is 1.85. The SMILES string of the molecule is Cc1ccc(Oc2ncc(Br)cc2CCl)cn1. The number of rotatable bonds is 3. The normalized spacial score (nSPS) is 10.3. The van der Waals surface area contributed by atoms with Gasteiger partial charge in [-0.3, -0.25) is 4.98 Å². The Labute approximate surface area is 113 Å². The summed E-state index contributed by atoms with van der Waals surface area (Å²) in [5.74, 6) is 1.51. The molecule has 0 saturated carbocycles. The largest absolute Gasteiger partial charge is 0.437 e. The molecular formula is C12H10BrClN2O. The van der Waals surface area contributed by atoms with E-state index in [0.717, 1.165) is 15.7 Å². The van der Waals surface area contributed by atoms with Crippen molar-refractivity contribution in [2.24, 2.45) is 0 Å². The number of ether oxygens (including phenoxy) is 1. The molecule has 0 aliphatic carbocycles. The fourth-order valence-electron chi connectivity index (χ4n) is 1.28. The van der Waals surface area contributed by atoms with E-state index in [1.807, 2.05) is 25.1 Å². The van der Waals surface area contributed by atoms with Crippen LogP contribution in [-0.4, -0.2) is 9.97 Å². The van der Waals surface area contributed by atoms with Crippen molar-refractivity contribution in [2.45, 2.75) is 12.8 Å². The van der Waals surface area contributed by atoms with Gasteiger partial charge in [-0.25, -0.2) is 4.98 Å². The first kappa shape index (κ1) is 12.3. The second-order valence-electron chi connectivity index (χ2n) is 3.49. The number of pyridine rings is 2. The van der Waals surface area contributed by atoms with Crippen LogP contribution in [0, 0.1) is 6.92 Å². The molecule has 0 aliphatic rings. The van der Waals surface area contributed by atoms with Crippen molar-refractivity contribution in [2.75, 3.05) is 0 Å². The van der Waals surface area contributed by atoms with Gasteiger partial charge in [0.15, 0.2) is 0 Å². The molecule has 2 rings (SSSR count). The van der Waals surface area contributed by atoms with Crippen molar-refractivity contribution in [3.8, 4) is 11.6 Å². The molecular weight excluding hydrogens is 304 g/mol. The van der Waals surface area contributed by atoms with Crippen LogP contribution in [0.1, 0.15) is 11.3 Å². The minimum Gasteiger partial charge on any atom is -0.437 e. The highest BCUT2D eigenvalue weighted by Gasteiger charge is 2.06. The average Bonchev–Trinajstić information content (AvgIpc) is 2.34. The quantitative estimate of drug-likeness (QED) is 0.801. The van der Waals surface area contributed by atoms with Gasteiger partial charge < -0.3 is 4.74 Å². The number of aromatic nitrogens is 2. The zero-order valence-electron chi connectivity index (χ0n) is 9.15. The summed E-state index contributed by atoms with van der Waals surface area (Å²) in [5, 5.41) is 0. The van der Waals surface area contributed by atoms with Gasteiger partial charge in [0.1, 0.15) is 5.75 Å². The van der Waals surface area contributed by atoms with Crippen LogP contribution in [0.3, 0.4) is 0 Å². The zero-order chi connectivity index (χ0) is 12.3. The zero-order valence-corrected chi connectivity index (χ0v) is 11.5. The van der Waals surface area contributed by atoms with E-state index in [-0.39, 0.29) is 0 Å². The van der Waals surface area contributed by atoms with Crippen LogP contribution in [0.15, 0.2) is 35.1 Å². The van der Waals surface area contributed by atoms with E-state index >= 15 is 0 Å². The second-order valence-corrected chi connectivity index (χ2v) is 4.67. The van der Waals surface area contributed by atoms with Gasteiger partial charge in [0.05, 0.1) is 12.1 Å². The lowest BCUT2D eigenvalue weighted by molar-refractivity contribution is 0.455.